The van der Waals surface area contributed by atoms with Gasteiger partial charge in [-0.15, -0.1) is 6.58 Å². The van der Waals surface area contributed by atoms with Crippen molar-refractivity contribution in [1.82, 2.24) is 15.0 Å². The molecular weight excluding hydrogens is 378 g/mol. The smallest absolute Gasteiger partial charge is 0.267 e. The van der Waals surface area contributed by atoms with Crippen LogP contribution >= 0.6 is 0 Å². The molecular formula is C24H27N3O3. The Hall–Kier alpha value is -3.22. The van der Waals surface area contributed by atoms with Crippen LogP contribution in [0.15, 0.2) is 67.3 Å². The molecule has 6 heteroatoms. The number of aromatic nitrogens is 2. The van der Waals surface area contributed by atoms with E-state index in [-0.39, 0.29) is 0 Å². The van der Waals surface area contributed by atoms with Crippen molar-refractivity contribution in [3.8, 4) is 0 Å². The van der Waals surface area contributed by atoms with Crippen molar-refractivity contribution in [1.29, 1.82) is 0 Å². The Morgan fingerprint density at radius 2 is 2.03 bits per heavy atom. The standard InChI is InChI=1S/C24H27N3O3/c1-2-16-30-17-6-15-27-22-12-9-20(11-14-24(28)26-29)18-21(22)25-23(27)13-10-19-7-4-3-5-8-19/h2-5,7-9,11-12,14,18,29H,1,6,10,13,15-17H2,(H,26,28)/b14-11+. The summed E-state index contributed by atoms with van der Waals surface area (Å²) in [5, 5.41) is 8.63. The molecule has 0 spiro atoms. The second kappa shape index (κ2) is 11.1. The summed E-state index contributed by atoms with van der Waals surface area (Å²) in [6, 6.07) is 16.3. The van der Waals surface area contributed by atoms with Gasteiger partial charge in [-0.05, 0) is 42.2 Å². The minimum atomic E-state index is -0.566. The molecule has 2 aromatic carbocycles. The summed E-state index contributed by atoms with van der Waals surface area (Å²) in [7, 11) is 0. The van der Waals surface area contributed by atoms with Gasteiger partial charge in [-0.3, -0.25) is 10.0 Å². The Kier molecular flexibility index (Phi) is 7.94. The molecule has 0 unspecified atom stereocenters. The third-order valence-corrected chi connectivity index (χ3v) is 4.77. The maximum atomic E-state index is 11.2. The molecule has 0 saturated carbocycles. The van der Waals surface area contributed by atoms with Crippen molar-refractivity contribution in [2.24, 2.45) is 0 Å². The normalized spacial score (nSPS) is 11.2. The van der Waals surface area contributed by atoms with E-state index in [1.165, 1.54) is 11.6 Å². The molecule has 156 valence electrons. The van der Waals surface area contributed by atoms with Crippen LogP contribution in [0.5, 0.6) is 0 Å². The predicted octanol–water partition coefficient (Wildman–Crippen LogP) is 3.93. The van der Waals surface area contributed by atoms with Crippen LogP contribution in [0.1, 0.15) is 23.4 Å². The van der Waals surface area contributed by atoms with Crippen LogP contribution in [-0.2, 0) is 28.9 Å². The Bertz CT molecular complexity index is 1010. The lowest BCUT2D eigenvalue weighted by atomic mass is 10.1. The van der Waals surface area contributed by atoms with Gasteiger partial charge in [0.15, 0.2) is 0 Å². The van der Waals surface area contributed by atoms with Gasteiger partial charge >= 0.3 is 0 Å². The monoisotopic (exact) mass is 405 g/mol. The molecule has 0 aliphatic rings. The lowest BCUT2D eigenvalue weighted by molar-refractivity contribution is -0.124. The fourth-order valence-electron chi connectivity index (χ4n) is 3.34. The molecule has 0 fully saturated rings. The molecule has 1 amide bonds. The molecule has 1 heterocycles. The van der Waals surface area contributed by atoms with Crippen molar-refractivity contribution in [3.63, 3.8) is 0 Å². The van der Waals surface area contributed by atoms with Gasteiger partial charge in [0, 0.05) is 25.6 Å². The summed E-state index contributed by atoms with van der Waals surface area (Å²) in [5.41, 5.74) is 5.67. The lowest BCUT2D eigenvalue weighted by Crippen LogP contribution is -2.14. The number of hydrogen-bond donors (Lipinski definition) is 2. The molecule has 0 aliphatic heterocycles. The Morgan fingerprint density at radius 1 is 1.20 bits per heavy atom. The summed E-state index contributed by atoms with van der Waals surface area (Å²) in [4.78, 5) is 16.1. The summed E-state index contributed by atoms with van der Waals surface area (Å²) >= 11 is 0. The molecule has 6 nitrogen and oxygen atoms in total. The van der Waals surface area contributed by atoms with Crippen molar-refractivity contribution in [3.05, 3.63) is 84.2 Å². The van der Waals surface area contributed by atoms with E-state index in [1.807, 2.05) is 24.3 Å². The topological polar surface area (TPSA) is 76.4 Å². The molecule has 2 N–H and O–H groups in total. The van der Waals surface area contributed by atoms with Crippen LogP contribution in [-0.4, -0.2) is 33.9 Å². The zero-order valence-corrected chi connectivity index (χ0v) is 17.0. The van der Waals surface area contributed by atoms with Gasteiger partial charge in [0.1, 0.15) is 5.82 Å². The van der Waals surface area contributed by atoms with Gasteiger partial charge in [0.05, 0.1) is 17.6 Å². The second-order valence-electron chi connectivity index (χ2n) is 6.94. The zero-order valence-electron chi connectivity index (χ0n) is 17.0. The average molecular weight is 405 g/mol. The fourth-order valence-corrected chi connectivity index (χ4v) is 3.34. The number of hydrogen-bond acceptors (Lipinski definition) is 4. The van der Waals surface area contributed by atoms with E-state index < -0.39 is 5.91 Å². The minimum absolute atomic E-state index is 0.558. The molecule has 0 bridgehead atoms. The number of hydroxylamine groups is 1. The van der Waals surface area contributed by atoms with Gasteiger partial charge in [-0.25, -0.2) is 10.5 Å². The van der Waals surface area contributed by atoms with Crippen molar-refractivity contribution in [2.75, 3.05) is 13.2 Å². The number of benzene rings is 2. The van der Waals surface area contributed by atoms with E-state index in [9.17, 15) is 4.79 Å². The van der Waals surface area contributed by atoms with E-state index in [2.05, 4.69) is 35.4 Å². The highest BCUT2D eigenvalue weighted by atomic mass is 16.5. The SMILES string of the molecule is C=CCOCCCn1c(CCc2ccccc2)nc2cc(/C=C/C(=O)NO)ccc21. The Labute approximate surface area is 176 Å². The maximum Gasteiger partial charge on any atom is 0.267 e. The largest absolute Gasteiger partial charge is 0.377 e. The molecule has 0 atom stereocenters. The number of nitrogens with zero attached hydrogens (tertiary/aromatic N) is 2. The predicted molar refractivity (Wildman–Crippen MR) is 118 cm³/mol. The summed E-state index contributed by atoms with van der Waals surface area (Å²) in [6.07, 6.45) is 7.33. The van der Waals surface area contributed by atoms with E-state index in [1.54, 1.807) is 17.6 Å². The molecule has 1 aromatic heterocycles. The van der Waals surface area contributed by atoms with Gasteiger partial charge in [-0.2, -0.15) is 0 Å². The number of nitrogens with one attached hydrogen (secondary N) is 1. The number of aryl methyl sites for hydroxylation is 3. The number of rotatable bonds is 11. The second-order valence-corrected chi connectivity index (χ2v) is 6.94. The first-order valence-corrected chi connectivity index (χ1v) is 10.0. The first-order valence-electron chi connectivity index (χ1n) is 10.0. The molecule has 3 aromatic rings. The molecule has 0 saturated heterocycles. The summed E-state index contributed by atoms with van der Waals surface area (Å²) in [5.74, 6) is 0.468. The first kappa shape index (κ1) is 21.5. The molecule has 0 aliphatic carbocycles. The number of imidazole rings is 1. The quantitative estimate of drug-likeness (QED) is 0.167. The maximum absolute atomic E-state index is 11.2. The zero-order chi connectivity index (χ0) is 21.2. The average Bonchev–Trinajstić information content (AvgIpc) is 3.13. The van der Waals surface area contributed by atoms with E-state index in [0.29, 0.717) is 13.2 Å². The van der Waals surface area contributed by atoms with E-state index >= 15 is 0 Å². The fraction of sp³-hybridized carbons (Fsp3) is 0.250. The van der Waals surface area contributed by atoms with Crippen LogP contribution in [0.25, 0.3) is 17.1 Å². The van der Waals surface area contributed by atoms with Gasteiger partial charge in [0.2, 0.25) is 0 Å². The molecule has 0 radical (unpaired) electrons. The third-order valence-electron chi connectivity index (χ3n) is 4.77. The Balaban J connectivity index is 1.82. The van der Waals surface area contributed by atoms with Crippen LogP contribution in [0.2, 0.25) is 0 Å². The molecule has 3 rings (SSSR count). The van der Waals surface area contributed by atoms with Crippen LogP contribution in [0.4, 0.5) is 0 Å². The minimum Gasteiger partial charge on any atom is -0.377 e. The number of carbonyl (C=O) groups excluding carboxylic acids is 1. The van der Waals surface area contributed by atoms with Crippen molar-refractivity contribution < 1.29 is 14.7 Å². The van der Waals surface area contributed by atoms with Gasteiger partial charge in [0.25, 0.3) is 5.91 Å². The molecule has 30 heavy (non-hydrogen) atoms. The number of amides is 1. The van der Waals surface area contributed by atoms with Crippen LogP contribution in [0, 0.1) is 0 Å². The summed E-state index contributed by atoms with van der Waals surface area (Å²) in [6.45, 7) is 5.72. The van der Waals surface area contributed by atoms with Gasteiger partial charge in [-0.1, -0.05) is 42.5 Å². The summed E-state index contributed by atoms with van der Waals surface area (Å²) < 4.78 is 7.78. The van der Waals surface area contributed by atoms with E-state index in [0.717, 1.165) is 48.2 Å². The van der Waals surface area contributed by atoms with Crippen molar-refractivity contribution >= 4 is 23.0 Å². The highest BCUT2D eigenvalue weighted by Crippen LogP contribution is 2.21. The first-order chi connectivity index (χ1) is 14.7. The van der Waals surface area contributed by atoms with Crippen LogP contribution in [0.3, 0.4) is 0 Å². The third kappa shape index (κ3) is 5.89. The van der Waals surface area contributed by atoms with Crippen LogP contribution < -0.4 is 5.48 Å². The van der Waals surface area contributed by atoms with Crippen molar-refractivity contribution in [2.45, 2.75) is 25.8 Å². The van der Waals surface area contributed by atoms with E-state index in [4.69, 9.17) is 14.9 Å². The van der Waals surface area contributed by atoms with Gasteiger partial charge < -0.3 is 9.30 Å². The number of carbonyl (C=O) groups is 1. The lowest BCUT2D eigenvalue weighted by Gasteiger charge is -2.10. The number of fused-ring (bicyclic) bond motifs is 1. The highest BCUT2D eigenvalue weighted by molar-refractivity contribution is 5.91. The number of ether oxygens (including phenoxy) is 1. The highest BCUT2D eigenvalue weighted by Gasteiger charge is 2.11. The Morgan fingerprint density at radius 3 is 2.80 bits per heavy atom.